The van der Waals surface area contributed by atoms with Crippen molar-refractivity contribution in [1.29, 1.82) is 0 Å². The fraction of sp³-hybridized carbons (Fsp3) is 0.421. The van der Waals surface area contributed by atoms with Crippen LogP contribution in [-0.4, -0.2) is 36.4 Å². The fourth-order valence-electron chi connectivity index (χ4n) is 2.47. The number of imide groups is 2. The molecule has 0 bridgehead atoms. The standard InChI is InChI=1S/C19H24N2O4/c1-3-4-5-6-7-12-25-15-10-8-14(9-11-15)13-16-17(22)20-19(24)21(2)18(16)23/h8-11,13H,3-7,12H2,1-2H3,(H,20,22,24). The number of amides is 4. The van der Waals surface area contributed by atoms with Gasteiger partial charge in [-0.1, -0.05) is 44.7 Å². The molecule has 0 aromatic heterocycles. The van der Waals surface area contributed by atoms with Gasteiger partial charge >= 0.3 is 6.03 Å². The summed E-state index contributed by atoms with van der Waals surface area (Å²) in [6.07, 6.45) is 7.38. The van der Waals surface area contributed by atoms with Crippen LogP contribution >= 0.6 is 0 Å². The molecule has 134 valence electrons. The molecule has 0 unspecified atom stereocenters. The predicted molar refractivity (Wildman–Crippen MR) is 95.0 cm³/mol. The third kappa shape index (κ3) is 5.17. The molecule has 0 radical (unpaired) electrons. The molecule has 1 aliphatic heterocycles. The molecular formula is C19H24N2O4. The number of carbonyl (C=O) groups excluding carboxylic acids is 3. The average molecular weight is 344 g/mol. The van der Waals surface area contributed by atoms with Crippen molar-refractivity contribution in [2.24, 2.45) is 0 Å². The van der Waals surface area contributed by atoms with Gasteiger partial charge in [-0.2, -0.15) is 0 Å². The highest BCUT2D eigenvalue weighted by molar-refractivity contribution is 6.30. The first kappa shape index (κ1) is 18.7. The number of hydrogen-bond acceptors (Lipinski definition) is 4. The van der Waals surface area contributed by atoms with E-state index in [-0.39, 0.29) is 5.57 Å². The highest BCUT2D eigenvalue weighted by Crippen LogP contribution is 2.17. The normalized spacial score (nSPS) is 16.3. The highest BCUT2D eigenvalue weighted by Gasteiger charge is 2.32. The van der Waals surface area contributed by atoms with Gasteiger partial charge in [-0.05, 0) is 30.2 Å². The van der Waals surface area contributed by atoms with Gasteiger partial charge in [0.1, 0.15) is 11.3 Å². The molecule has 1 heterocycles. The number of nitrogens with one attached hydrogen (secondary N) is 1. The van der Waals surface area contributed by atoms with Gasteiger partial charge < -0.3 is 4.74 Å². The van der Waals surface area contributed by atoms with Gasteiger partial charge in [0.25, 0.3) is 11.8 Å². The molecule has 1 aromatic carbocycles. The Balaban J connectivity index is 1.92. The zero-order valence-electron chi connectivity index (χ0n) is 14.7. The van der Waals surface area contributed by atoms with Gasteiger partial charge in [-0.3, -0.25) is 19.8 Å². The van der Waals surface area contributed by atoms with Crippen LogP contribution in [0.4, 0.5) is 4.79 Å². The lowest BCUT2D eigenvalue weighted by Crippen LogP contribution is -2.52. The topological polar surface area (TPSA) is 75.7 Å². The molecule has 4 amide bonds. The molecule has 1 fully saturated rings. The van der Waals surface area contributed by atoms with Crippen LogP contribution in [0.2, 0.25) is 0 Å². The number of likely N-dealkylation sites (N-methyl/N-ethyl adjacent to an activating group) is 1. The number of hydrogen-bond donors (Lipinski definition) is 1. The summed E-state index contributed by atoms with van der Waals surface area (Å²) in [5, 5.41) is 2.12. The monoisotopic (exact) mass is 344 g/mol. The lowest BCUT2D eigenvalue weighted by atomic mass is 10.1. The summed E-state index contributed by atoms with van der Waals surface area (Å²) in [5.41, 5.74) is 0.628. The number of ether oxygens (including phenoxy) is 1. The van der Waals surface area contributed by atoms with E-state index in [4.69, 9.17) is 4.74 Å². The van der Waals surface area contributed by atoms with Crippen LogP contribution in [0.3, 0.4) is 0 Å². The smallest absolute Gasteiger partial charge is 0.331 e. The van der Waals surface area contributed by atoms with Gasteiger partial charge in [0.05, 0.1) is 6.61 Å². The zero-order valence-corrected chi connectivity index (χ0v) is 14.7. The maximum atomic E-state index is 12.0. The molecule has 25 heavy (non-hydrogen) atoms. The van der Waals surface area contributed by atoms with Crippen molar-refractivity contribution in [2.75, 3.05) is 13.7 Å². The van der Waals surface area contributed by atoms with Gasteiger partial charge in [0.2, 0.25) is 0 Å². The minimum absolute atomic E-state index is 0.0632. The molecule has 6 heteroatoms. The molecule has 0 spiro atoms. The number of benzene rings is 1. The molecule has 0 atom stereocenters. The van der Waals surface area contributed by atoms with E-state index in [1.807, 2.05) is 0 Å². The van der Waals surface area contributed by atoms with E-state index in [0.717, 1.165) is 17.1 Å². The molecule has 1 saturated heterocycles. The Labute approximate surface area is 147 Å². The van der Waals surface area contributed by atoms with Crippen LogP contribution in [-0.2, 0) is 9.59 Å². The number of carbonyl (C=O) groups is 3. The van der Waals surface area contributed by atoms with E-state index in [0.29, 0.717) is 12.2 Å². The Bertz CT molecular complexity index is 665. The summed E-state index contributed by atoms with van der Waals surface area (Å²) in [6.45, 7) is 2.87. The van der Waals surface area contributed by atoms with E-state index >= 15 is 0 Å². The van der Waals surface area contributed by atoms with Crippen molar-refractivity contribution in [2.45, 2.75) is 39.0 Å². The van der Waals surface area contributed by atoms with Crippen LogP contribution in [0.25, 0.3) is 6.08 Å². The van der Waals surface area contributed by atoms with Gasteiger partial charge in [-0.25, -0.2) is 4.79 Å². The Hall–Kier alpha value is -2.63. The minimum Gasteiger partial charge on any atom is -0.494 e. The zero-order chi connectivity index (χ0) is 18.2. The third-order valence-electron chi connectivity index (χ3n) is 4.01. The molecule has 0 aliphatic carbocycles. The third-order valence-corrected chi connectivity index (χ3v) is 4.01. The molecule has 6 nitrogen and oxygen atoms in total. The highest BCUT2D eigenvalue weighted by atomic mass is 16.5. The van der Waals surface area contributed by atoms with E-state index in [1.165, 1.54) is 38.8 Å². The molecular weight excluding hydrogens is 320 g/mol. The maximum Gasteiger partial charge on any atom is 0.331 e. The van der Waals surface area contributed by atoms with Crippen molar-refractivity contribution < 1.29 is 19.1 Å². The molecule has 2 rings (SSSR count). The summed E-state index contributed by atoms with van der Waals surface area (Å²) in [5.74, 6) is -0.536. The van der Waals surface area contributed by atoms with Crippen molar-refractivity contribution in [3.8, 4) is 5.75 Å². The lowest BCUT2D eigenvalue weighted by Gasteiger charge is -2.22. The van der Waals surface area contributed by atoms with E-state index in [2.05, 4.69) is 12.2 Å². The Morgan fingerprint density at radius 3 is 2.40 bits per heavy atom. The number of rotatable bonds is 8. The van der Waals surface area contributed by atoms with E-state index < -0.39 is 17.8 Å². The van der Waals surface area contributed by atoms with E-state index in [1.54, 1.807) is 24.3 Å². The molecule has 1 N–H and O–H groups in total. The quantitative estimate of drug-likeness (QED) is 0.447. The second-order valence-electron chi connectivity index (χ2n) is 6.01. The minimum atomic E-state index is -0.713. The maximum absolute atomic E-state index is 12.0. The number of nitrogens with zero attached hydrogens (tertiary/aromatic N) is 1. The Morgan fingerprint density at radius 2 is 1.72 bits per heavy atom. The summed E-state index contributed by atoms with van der Waals surface area (Å²) < 4.78 is 5.68. The second-order valence-corrected chi connectivity index (χ2v) is 6.01. The van der Waals surface area contributed by atoms with Crippen LogP contribution in [0.5, 0.6) is 5.75 Å². The lowest BCUT2D eigenvalue weighted by molar-refractivity contribution is -0.129. The van der Waals surface area contributed by atoms with Crippen LogP contribution in [0.1, 0.15) is 44.6 Å². The van der Waals surface area contributed by atoms with Gasteiger partial charge in [0, 0.05) is 7.05 Å². The largest absolute Gasteiger partial charge is 0.494 e. The number of urea groups is 1. The van der Waals surface area contributed by atoms with Gasteiger partial charge in [0.15, 0.2) is 0 Å². The molecule has 1 aromatic rings. The molecule has 0 saturated carbocycles. The van der Waals surface area contributed by atoms with Crippen molar-refractivity contribution in [3.05, 3.63) is 35.4 Å². The SMILES string of the molecule is CCCCCCCOc1ccc(C=C2C(=O)NC(=O)N(C)C2=O)cc1. The van der Waals surface area contributed by atoms with Crippen molar-refractivity contribution in [3.63, 3.8) is 0 Å². The first-order valence-electron chi connectivity index (χ1n) is 8.61. The first-order valence-corrected chi connectivity index (χ1v) is 8.61. The van der Waals surface area contributed by atoms with Crippen LogP contribution < -0.4 is 10.1 Å². The van der Waals surface area contributed by atoms with E-state index in [9.17, 15) is 14.4 Å². The average Bonchev–Trinajstić information content (AvgIpc) is 2.61. The second kappa shape index (κ2) is 9.01. The summed E-state index contributed by atoms with van der Waals surface area (Å²) in [7, 11) is 1.33. The van der Waals surface area contributed by atoms with Gasteiger partial charge in [-0.15, -0.1) is 0 Å². The van der Waals surface area contributed by atoms with Crippen molar-refractivity contribution >= 4 is 23.9 Å². The fourth-order valence-corrected chi connectivity index (χ4v) is 2.47. The van der Waals surface area contributed by atoms with Crippen LogP contribution in [0.15, 0.2) is 29.8 Å². The number of barbiturate groups is 1. The summed E-state index contributed by atoms with van der Waals surface area (Å²) >= 11 is 0. The summed E-state index contributed by atoms with van der Waals surface area (Å²) in [4.78, 5) is 36.1. The summed E-state index contributed by atoms with van der Waals surface area (Å²) in [6, 6.07) is 6.44. The van der Waals surface area contributed by atoms with Crippen LogP contribution in [0, 0.1) is 0 Å². The van der Waals surface area contributed by atoms with Crippen molar-refractivity contribution in [1.82, 2.24) is 10.2 Å². The molecule has 1 aliphatic rings. The first-order chi connectivity index (χ1) is 12.0. The predicted octanol–water partition coefficient (Wildman–Crippen LogP) is 3.13. The number of unbranched alkanes of at least 4 members (excludes halogenated alkanes) is 4. The Kier molecular flexibility index (Phi) is 6.74. The Morgan fingerprint density at radius 1 is 1.04 bits per heavy atom.